The molecule has 20 heavy (non-hydrogen) atoms. The zero-order valence-electron chi connectivity index (χ0n) is 11.7. The zero-order valence-corrected chi connectivity index (χ0v) is 11.7. The summed E-state index contributed by atoms with van der Waals surface area (Å²) >= 11 is 0. The van der Waals surface area contributed by atoms with Gasteiger partial charge in [-0.2, -0.15) is 13.2 Å². The van der Waals surface area contributed by atoms with Crippen molar-refractivity contribution >= 4 is 5.91 Å². The zero-order chi connectivity index (χ0) is 15.4. The summed E-state index contributed by atoms with van der Waals surface area (Å²) in [6.07, 6.45) is -4.34. The Morgan fingerprint density at radius 2 is 1.70 bits per heavy atom. The highest BCUT2D eigenvalue weighted by Crippen LogP contribution is 2.28. The maximum Gasteiger partial charge on any atom is 0.416 e. The summed E-state index contributed by atoms with van der Waals surface area (Å²) in [6.45, 7) is 5.58. The average Bonchev–Trinajstić information content (AvgIpc) is 2.32. The van der Waals surface area contributed by atoms with Gasteiger partial charge in [0.25, 0.3) is 0 Å². The number of rotatable bonds is 4. The van der Waals surface area contributed by atoms with Crippen molar-refractivity contribution < 1.29 is 22.7 Å². The third kappa shape index (κ3) is 6.06. The molecule has 0 radical (unpaired) electrons. The molecule has 0 aliphatic carbocycles. The molecular weight excluding hydrogens is 271 g/mol. The van der Waals surface area contributed by atoms with E-state index in [2.05, 4.69) is 5.32 Å². The number of halogens is 3. The lowest BCUT2D eigenvalue weighted by Gasteiger charge is -2.19. The second kappa shape index (κ2) is 6.26. The van der Waals surface area contributed by atoms with Crippen LogP contribution in [0.15, 0.2) is 24.3 Å². The molecular formula is C14H18F3NO2. The molecule has 0 bridgehead atoms. The van der Waals surface area contributed by atoms with Crippen molar-refractivity contribution in [3.8, 4) is 0 Å². The first-order valence-electron chi connectivity index (χ1n) is 6.15. The van der Waals surface area contributed by atoms with Gasteiger partial charge in [0.05, 0.1) is 11.2 Å². The van der Waals surface area contributed by atoms with E-state index in [1.165, 1.54) is 12.1 Å². The van der Waals surface area contributed by atoms with Crippen LogP contribution in [0.1, 0.15) is 31.9 Å². The van der Waals surface area contributed by atoms with Gasteiger partial charge in [-0.25, -0.2) is 0 Å². The maximum absolute atomic E-state index is 12.4. The van der Waals surface area contributed by atoms with E-state index >= 15 is 0 Å². The minimum Gasteiger partial charge on any atom is -0.366 e. The molecule has 0 aliphatic rings. The molecule has 0 aliphatic heterocycles. The summed E-state index contributed by atoms with van der Waals surface area (Å²) in [5.41, 5.74) is -0.517. The first kappa shape index (κ1) is 16.5. The second-order valence-electron chi connectivity index (χ2n) is 5.37. The van der Waals surface area contributed by atoms with Gasteiger partial charge in [0.15, 0.2) is 0 Å². The van der Waals surface area contributed by atoms with Crippen LogP contribution in [0.5, 0.6) is 0 Å². The number of carbonyl (C=O) groups is 1. The van der Waals surface area contributed by atoms with Crippen molar-refractivity contribution in [2.24, 2.45) is 0 Å². The molecule has 112 valence electrons. The van der Waals surface area contributed by atoms with Crippen LogP contribution >= 0.6 is 0 Å². The van der Waals surface area contributed by atoms with Gasteiger partial charge in [0.2, 0.25) is 5.91 Å². The number of carbonyl (C=O) groups excluding carboxylic acids is 1. The molecule has 0 fully saturated rings. The van der Waals surface area contributed by atoms with Gasteiger partial charge in [-0.05, 0) is 38.5 Å². The Bertz CT molecular complexity index is 447. The molecule has 1 amide bonds. The first-order chi connectivity index (χ1) is 9.08. The lowest BCUT2D eigenvalue weighted by atomic mass is 10.1. The largest absolute Gasteiger partial charge is 0.416 e. The summed E-state index contributed by atoms with van der Waals surface area (Å²) in [5.74, 6) is -0.306. The Morgan fingerprint density at radius 3 is 2.15 bits per heavy atom. The highest BCUT2D eigenvalue weighted by Gasteiger charge is 2.29. The fourth-order valence-corrected chi connectivity index (χ4v) is 1.35. The lowest BCUT2D eigenvalue weighted by molar-refractivity contribution is -0.137. The summed E-state index contributed by atoms with van der Waals surface area (Å²) in [7, 11) is 0. The highest BCUT2D eigenvalue weighted by atomic mass is 19.4. The van der Waals surface area contributed by atoms with E-state index in [1.807, 2.05) is 20.8 Å². The van der Waals surface area contributed by atoms with E-state index in [1.54, 1.807) is 0 Å². The summed E-state index contributed by atoms with van der Waals surface area (Å²) < 4.78 is 42.4. The quantitative estimate of drug-likeness (QED) is 0.924. The number of alkyl halides is 3. The van der Waals surface area contributed by atoms with Crippen molar-refractivity contribution in [1.29, 1.82) is 0 Å². The minimum atomic E-state index is -4.34. The topological polar surface area (TPSA) is 38.3 Å². The predicted octanol–water partition coefficient (Wildman–Crippen LogP) is 3.14. The third-order valence-electron chi connectivity index (χ3n) is 2.41. The van der Waals surface area contributed by atoms with Gasteiger partial charge in [-0.1, -0.05) is 12.1 Å². The number of nitrogens with one attached hydrogen (secondary N) is 1. The Balaban J connectivity index is 2.44. The summed E-state index contributed by atoms with van der Waals surface area (Å²) in [4.78, 5) is 11.5. The van der Waals surface area contributed by atoms with Gasteiger partial charge in [-0.15, -0.1) is 0 Å². The Morgan fingerprint density at radius 1 is 1.15 bits per heavy atom. The fraction of sp³-hybridized carbons (Fsp3) is 0.500. The van der Waals surface area contributed by atoms with Crippen molar-refractivity contribution in [3.63, 3.8) is 0 Å². The van der Waals surface area contributed by atoms with Gasteiger partial charge < -0.3 is 10.1 Å². The van der Waals surface area contributed by atoms with E-state index in [9.17, 15) is 18.0 Å². The SMILES string of the molecule is CC(C)(C)OCC(=O)NCc1ccc(C(F)(F)F)cc1. The Labute approximate surface area is 116 Å². The van der Waals surface area contributed by atoms with Crippen LogP contribution in [0.4, 0.5) is 13.2 Å². The van der Waals surface area contributed by atoms with Crippen LogP contribution in [0, 0.1) is 0 Å². The average molecular weight is 289 g/mol. The van der Waals surface area contributed by atoms with E-state index in [0.29, 0.717) is 5.56 Å². The van der Waals surface area contributed by atoms with Crippen LogP contribution in [-0.4, -0.2) is 18.1 Å². The molecule has 1 rings (SSSR count). The molecule has 0 saturated heterocycles. The normalized spacial score (nSPS) is 12.3. The van der Waals surface area contributed by atoms with Crippen molar-refractivity contribution in [1.82, 2.24) is 5.32 Å². The number of hydrogen-bond donors (Lipinski definition) is 1. The van der Waals surface area contributed by atoms with Crippen LogP contribution < -0.4 is 5.32 Å². The fourth-order valence-electron chi connectivity index (χ4n) is 1.35. The van der Waals surface area contributed by atoms with E-state index in [-0.39, 0.29) is 19.1 Å². The first-order valence-corrected chi connectivity index (χ1v) is 6.15. The monoisotopic (exact) mass is 289 g/mol. The van der Waals surface area contributed by atoms with Crippen molar-refractivity contribution in [2.45, 2.75) is 39.1 Å². The van der Waals surface area contributed by atoms with Crippen LogP contribution in [-0.2, 0) is 22.3 Å². The molecule has 0 aromatic heterocycles. The standard InChI is InChI=1S/C14H18F3NO2/c1-13(2,3)20-9-12(19)18-8-10-4-6-11(7-5-10)14(15,16)17/h4-7H,8-9H2,1-3H3,(H,18,19). The molecule has 1 N–H and O–H groups in total. The Kier molecular flexibility index (Phi) is 5.16. The molecule has 1 aromatic rings. The molecule has 6 heteroatoms. The third-order valence-corrected chi connectivity index (χ3v) is 2.41. The molecule has 0 heterocycles. The summed E-state index contributed by atoms with van der Waals surface area (Å²) in [6, 6.07) is 4.67. The maximum atomic E-state index is 12.4. The number of benzene rings is 1. The van der Waals surface area contributed by atoms with E-state index < -0.39 is 17.3 Å². The van der Waals surface area contributed by atoms with Gasteiger partial charge >= 0.3 is 6.18 Å². The molecule has 3 nitrogen and oxygen atoms in total. The highest BCUT2D eigenvalue weighted by molar-refractivity contribution is 5.77. The molecule has 0 unspecified atom stereocenters. The molecule has 0 saturated carbocycles. The van der Waals surface area contributed by atoms with Crippen LogP contribution in [0.3, 0.4) is 0 Å². The lowest BCUT2D eigenvalue weighted by Crippen LogP contribution is -2.31. The van der Waals surface area contributed by atoms with Gasteiger partial charge in [-0.3, -0.25) is 4.79 Å². The second-order valence-corrected chi connectivity index (χ2v) is 5.37. The summed E-state index contributed by atoms with van der Waals surface area (Å²) in [5, 5.41) is 2.58. The van der Waals surface area contributed by atoms with Crippen molar-refractivity contribution in [3.05, 3.63) is 35.4 Å². The van der Waals surface area contributed by atoms with Crippen LogP contribution in [0.2, 0.25) is 0 Å². The predicted molar refractivity (Wildman–Crippen MR) is 69.0 cm³/mol. The molecule has 0 spiro atoms. The van der Waals surface area contributed by atoms with Gasteiger partial charge in [0, 0.05) is 6.54 Å². The number of amides is 1. The van der Waals surface area contributed by atoms with Gasteiger partial charge in [0.1, 0.15) is 6.61 Å². The molecule has 1 aromatic carbocycles. The number of hydrogen-bond acceptors (Lipinski definition) is 2. The van der Waals surface area contributed by atoms with Crippen molar-refractivity contribution in [2.75, 3.05) is 6.61 Å². The van der Waals surface area contributed by atoms with Crippen LogP contribution in [0.25, 0.3) is 0 Å². The molecule has 0 atom stereocenters. The number of ether oxygens (including phenoxy) is 1. The van der Waals surface area contributed by atoms with E-state index in [4.69, 9.17) is 4.74 Å². The minimum absolute atomic E-state index is 0.0792. The van der Waals surface area contributed by atoms with E-state index in [0.717, 1.165) is 12.1 Å². The Hall–Kier alpha value is -1.56. The smallest absolute Gasteiger partial charge is 0.366 e.